The van der Waals surface area contributed by atoms with E-state index in [1.165, 1.54) is 11.5 Å². The Morgan fingerprint density at radius 2 is 2.05 bits per heavy atom. The van der Waals surface area contributed by atoms with Crippen LogP contribution in [0.25, 0.3) is 0 Å². The molecule has 1 aromatic heterocycles. The lowest BCUT2D eigenvalue weighted by atomic mass is 9.86. The molecule has 5 nitrogen and oxygen atoms in total. The van der Waals surface area contributed by atoms with E-state index in [4.69, 9.17) is 15.2 Å². The quantitative estimate of drug-likeness (QED) is 0.938. The molecule has 2 rings (SSSR count). The van der Waals surface area contributed by atoms with Crippen LogP contribution in [-0.2, 0) is 12.0 Å². The average molecular weight is 293 g/mol. The fraction of sp³-hybridized carbons (Fsp3) is 0.429. The van der Waals surface area contributed by atoms with Crippen molar-refractivity contribution in [2.45, 2.75) is 32.8 Å². The van der Waals surface area contributed by atoms with Crippen molar-refractivity contribution in [3.8, 4) is 11.5 Å². The van der Waals surface area contributed by atoms with E-state index in [1.807, 2.05) is 18.2 Å². The zero-order valence-electron chi connectivity index (χ0n) is 12.1. The highest BCUT2D eigenvalue weighted by Crippen LogP contribution is 2.34. The number of anilines is 1. The predicted molar refractivity (Wildman–Crippen MR) is 80.3 cm³/mol. The summed E-state index contributed by atoms with van der Waals surface area (Å²) < 4.78 is 14.9. The van der Waals surface area contributed by atoms with Crippen molar-refractivity contribution in [3.05, 3.63) is 29.5 Å². The molecule has 0 aliphatic carbocycles. The topological polar surface area (TPSA) is 70.3 Å². The van der Waals surface area contributed by atoms with Crippen molar-refractivity contribution in [2.24, 2.45) is 0 Å². The van der Waals surface area contributed by atoms with Crippen molar-refractivity contribution in [1.82, 2.24) is 9.59 Å². The molecule has 0 saturated carbocycles. The van der Waals surface area contributed by atoms with Crippen molar-refractivity contribution >= 4 is 16.5 Å². The average Bonchev–Trinajstić information content (AvgIpc) is 2.80. The summed E-state index contributed by atoms with van der Waals surface area (Å²) in [6.07, 6.45) is 0. The van der Waals surface area contributed by atoms with Crippen LogP contribution in [0.1, 0.15) is 32.0 Å². The minimum atomic E-state index is -0.0459. The molecule has 1 aromatic carbocycles. The first kappa shape index (κ1) is 14.6. The van der Waals surface area contributed by atoms with Crippen LogP contribution in [0.2, 0.25) is 0 Å². The minimum Gasteiger partial charge on any atom is -0.497 e. The Morgan fingerprint density at radius 1 is 1.30 bits per heavy atom. The number of nitrogens with zero attached hydrogens (tertiary/aromatic N) is 2. The van der Waals surface area contributed by atoms with Gasteiger partial charge in [0.1, 0.15) is 28.8 Å². The van der Waals surface area contributed by atoms with Crippen molar-refractivity contribution in [1.29, 1.82) is 0 Å². The molecule has 0 radical (unpaired) electrons. The standard InChI is InChI=1S/C14H19N3O2S/c1-14(2,3)10-7-9(18-4)5-6-12(10)19-8-11-13(15)20-17-16-11/h5-7H,8,15H2,1-4H3. The van der Waals surface area contributed by atoms with E-state index in [-0.39, 0.29) is 5.41 Å². The van der Waals surface area contributed by atoms with Gasteiger partial charge in [0.2, 0.25) is 0 Å². The molecule has 0 bridgehead atoms. The SMILES string of the molecule is COc1ccc(OCc2nnsc2N)c(C(C)(C)C)c1. The number of hydrogen-bond donors (Lipinski definition) is 1. The summed E-state index contributed by atoms with van der Waals surface area (Å²) in [5, 5.41) is 4.54. The maximum absolute atomic E-state index is 5.86. The lowest BCUT2D eigenvalue weighted by Crippen LogP contribution is -2.14. The second-order valence-corrected chi connectivity index (χ2v) is 6.27. The minimum absolute atomic E-state index is 0.0459. The zero-order valence-corrected chi connectivity index (χ0v) is 13.0. The van der Waals surface area contributed by atoms with E-state index in [2.05, 4.69) is 30.4 Å². The fourth-order valence-electron chi connectivity index (χ4n) is 1.81. The van der Waals surface area contributed by atoms with Crippen LogP contribution in [-0.4, -0.2) is 16.7 Å². The Hall–Kier alpha value is -1.82. The van der Waals surface area contributed by atoms with Gasteiger partial charge in [-0.25, -0.2) is 0 Å². The molecule has 0 fully saturated rings. The van der Waals surface area contributed by atoms with Gasteiger partial charge in [0, 0.05) is 17.1 Å². The fourth-order valence-corrected chi connectivity index (χ4v) is 2.24. The van der Waals surface area contributed by atoms with Gasteiger partial charge in [0.05, 0.1) is 7.11 Å². The van der Waals surface area contributed by atoms with Crippen LogP contribution >= 0.6 is 11.5 Å². The molecule has 0 spiro atoms. The van der Waals surface area contributed by atoms with Gasteiger partial charge in [-0.15, -0.1) is 5.10 Å². The number of methoxy groups -OCH3 is 1. The molecular weight excluding hydrogens is 274 g/mol. The first-order valence-electron chi connectivity index (χ1n) is 6.30. The molecule has 20 heavy (non-hydrogen) atoms. The summed E-state index contributed by atoms with van der Waals surface area (Å²) in [7, 11) is 1.66. The number of nitrogens with two attached hydrogens (primary N) is 1. The predicted octanol–water partition coefficient (Wildman–Crippen LogP) is 3.01. The number of nitrogen functional groups attached to an aromatic ring is 1. The van der Waals surface area contributed by atoms with Gasteiger partial charge in [0.25, 0.3) is 0 Å². The third kappa shape index (κ3) is 3.19. The maximum Gasteiger partial charge on any atom is 0.136 e. The molecule has 0 unspecified atom stereocenters. The number of ether oxygens (including phenoxy) is 2. The molecule has 108 valence electrons. The molecule has 6 heteroatoms. The Morgan fingerprint density at radius 3 is 2.60 bits per heavy atom. The van der Waals surface area contributed by atoms with E-state index in [9.17, 15) is 0 Å². The summed E-state index contributed by atoms with van der Waals surface area (Å²) in [5.74, 6) is 1.63. The summed E-state index contributed by atoms with van der Waals surface area (Å²) in [5.41, 5.74) is 7.48. The van der Waals surface area contributed by atoms with Crippen LogP contribution in [0.3, 0.4) is 0 Å². The Labute approximate surface area is 122 Å². The molecule has 0 aliphatic rings. The highest BCUT2D eigenvalue weighted by Gasteiger charge is 2.20. The van der Waals surface area contributed by atoms with Gasteiger partial charge < -0.3 is 15.2 Å². The maximum atomic E-state index is 5.86. The Kier molecular flexibility index (Phi) is 4.13. The monoisotopic (exact) mass is 293 g/mol. The van der Waals surface area contributed by atoms with Crippen molar-refractivity contribution < 1.29 is 9.47 Å². The largest absolute Gasteiger partial charge is 0.497 e. The summed E-state index contributed by atoms with van der Waals surface area (Å²) >= 11 is 1.17. The highest BCUT2D eigenvalue weighted by atomic mass is 32.1. The number of hydrogen-bond acceptors (Lipinski definition) is 6. The highest BCUT2D eigenvalue weighted by molar-refractivity contribution is 7.09. The third-order valence-corrected chi connectivity index (χ3v) is 3.54. The van der Waals surface area contributed by atoms with Gasteiger partial charge in [-0.1, -0.05) is 25.3 Å². The molecule has 2 N–H and O–H groups in total. The molecule has 0 amide bonds. The van der Waals surface area contributed by atoms with Crippen LogP contribution < -0.4 is 15.2 Å². The smallest absolute Gasteiger partial charge is 0.136 e. The summed E-state index contributed by atoms with van der Waals surface area (Å²) in [6.45, 7) is 6.71. The number of rotatable bonds is 4. The van der Waals surface area contributed by atoms with Crippen molar-refractivity contribution in [2.75, 3.05) is 12.8 Å². The van der Waals surface area contributed by atoms with Gasteiger partial charge in [-0.2, -0.15) is 0 Å². The normalized spacial score (nSPS) is 11.4. The summed E-state index contributed by atoms with van der Waals surface area (Å²) in [6, 6.07) is 5.79. The zero-order chi connectivity index (χ0) is 14.8. The van der Waals surface area contributed by atoms with E-state index >= 15 is 0 Å². The molecule has 0 aliphatic heterocycles. The molecular formula is C14H19N3O2S. The van der Waals surface area contributed by atoms with E-state index < -0.39 is 0 Å². The Bertz CT molecular complexity index is 590. The Balaban J connectivity index is 2.25. The lowest BCUT2D eigenvalue weighted by Gasteiger charge is -2.23. The first-order valence-corrected chi connectivity index (χ1v) is 7.07. The number of aromatic nitrogens is 2. The van der Waals surface area contributed by atoms with Gasteiger partial charge in [-0.3, -0.25) is 0 Å². The van der Waals surface area contributed by atoms with Crippen LogP contribution in [0.4, 0.5) is 5.00 Å². The molecule has 1 heterocycles. The van der Waals surface area contributed by atoms with Crippen molar-refractivity contribution in [3.63, 3.8) is 0 Å². The lowest BCUT2D eigenvalue weighted by molar-refractivity contribution is 0.292. The second kappa shape index (κ2) is 5.66. The molecule has 0 atom stereocenters. The van der Waals surface area contributed by atoms with Crippen LogP contribution in [0, 0.1) is 0 Å². The first-order chi connectivity index (χ1) is 9.41. The third-order valence-electron chi connectivity index (χ3n) is 2.94. The van der Waals surface area contributed by atoms with Crippen LogP contribution in [0.5, 0.6) is 11.5 Å². The molecule has 0 saturated heterocycles. The van der Waals surface area contributed by atoms with Crippen LogP contribution in [0.15, 0.2) is 18.2 Å². The van der Waals surface area contributed by atoms with Gasteiger partial charge in [0.15, 0.2) is 0 Å². The van der Waals surface area contributed by atoms with E-state index in [1.54, 1.807) is 7.11 Å². The van der Waals surface area contributed by atoms with E-state index in [0.29, 0.717) is 17.3 Å². The molecule has 2 aromatic rings. The van der Waals surface area contributed by atoms with Gasteiger partial charge in [-0.05, 0) is 23.6 Å². The van der Waals surface area contributed by atoms with Gasteiger partial charge >= 0.3 is 0 Å². The summed E-state index contributed by atoms with van der Waals surface area (Å²) in [4.78, 5) is 0. The number of benzene rings is 1. The second-order valence-electron chi connectivity index (χ2n) is 5.48. The van der Waals surface area contributed by atoms with E-state index in [0.717, 1.165) is 17.1 Å².